The maximum atomic E-state index is 14.2. The summed E-state index contributed by atoms with van der Waals surface area (Å²) in [5, 5.41) is 22.6. The van der Waals surface area contributed by atoms with Crippen LogP contribution in [-0.4, -0.2) is 68.7 Å². The monoisotopic (exact) mass is 638 g/mol. The van der Waals surface area contributed by atoms with Crippen molar-refractivity contribution in [2.75, 3.05) is 18.6 Å². The number of hydrogen-bond donors (Lipinski definition) is 3. The number of nitrogens with one attached hydrogen (secondary N) is 1. The highest BCUT2D eigenvalue weighted by Crippen LogP contribution is 2.59. The number of H-pyrrole nitrogens is 1. The molecule has 0 aliphatic carbocycles. The number of aliphatic hydroxyl groups is 1. The second-order valence-electron chi connectivity index (χ2n) is 13.1. The van der Waals surface area contributed by atoms with Crippen LogP contribution < -0.4 is 10.5 Å². The average Bonchev–Trinajstić information content (AvgIpc) is 3.78. The molecule has 0 saturated carbocycles. The van der Waals surface area contributed by atoms with Gasteiger partial charge in [-0.05, 0) is 55.4 Å². The summed E-state index contributed by atoms with van der Waals surface area (Å²) in [6.07, 6.45) is 1.91. The molecule has 5 aromatic rings. The minimum Gasteiger partial charge on any atom is -0.432 e. The molecule has 1 spiro atoms. The number of aliphatic hydroxyl groups excluding tert-OH is 1. The summed E-state index contributed by atoms with van der Waals surface area (Å²) in [7, 11) is -1.12. The number of likely N-dealkylation sites (N-methyl/N-ethyl adjacent to an activating group) is 1. The Labute approximate surface area is 267 Å². The zero-order valence-corrected chi connectivity index (χ0v) is 27.3. The summed E-state index contributed by atoms with van der Waals surface area (Å²) in [5.74, 6) is -0.809. The number of para-hydroxylation sites is 1. The van der Waals surface area contributed by atoms with E-state index < -0.39 is 20.0 Å². The van der Waals surface area contributed by atoms with Crippen molar-refractivity contribution in [3.05, 3.63) is 106 Å². The molecule has 11 nitrogen and oxygen atoms in total. The first kappa shape index (κ1) is 30.3. The first-order valence-corrected chi connectivity index (χ1v) is 18.7. The van der Waals surface area contributed by atoms with Crippen LogP contribution in [0.3, 0.4) is 0 Å². The predicted molar refractivity (Wildman–Crippen MR) is 176 cm³/mol. The average molecular weight is 639 g/mol. The van der Waals surface area contributed by atoms with Crippen molar-refractivity contribution in [2.24, 2.45) is 5.92 Å². The van der Waals surface area contributed by atoms with Crippen LogP contribution in [0.5, 0.6) is 0 Å². The van der Waals surface area contributed by atoms with Crippen LogP contribution in [-0.2, 0) is 21.7 Å². The standard InChI is InChI=1S/C34H38N6O5Si/c1-21-31(46(3,4)44)30(16-17-39-19-28(35-37-39)25(20-41)22-10-6-5-7-11-22)45-34(21)26-18-23(14-15-29(26)38(2)33(34)43)40-32(42)24-12-8-9-13-27(24)36-40/h5-15,18-19,21,25,30-31,36,41,44H,16-17,20H2,1-4H3/t21-,25?,30+,31-,34+/m0/s1. The number of amides is 1. The van der Waals surface area contributed by atoms with Crippen molar-refractivity contribution in [1.82, 2.24) is 24.8 Å². The maximum Gasteiger partial charge on any atom is 0.279 e. The molecule has 1 fully saturated rings. The SMILES string of the molecule is C[C@H]1[C@H]([Si](C)(C)O)[C@@H](CCn2cc(C(CO)c3ccccc3)nn2)O[C@]12C(=O)N(C)c1ccc(-n3[nH]c4ccccc4c3=O)cc12. The van der Waals surface area contributed by atoms with Crippen LogP contribution >= 0.6 is 0 Å². The van der Waals surface area contributed by atoms with E-state index in [-0.39, 0.29) is 35.5 Å². The van der Waals surface area contributed by atoms with E-state index in [0.717, 1.165) is 16.8 Å². The minimum absolute atomic E-state index is 0.0947. The van der Waals surface area contributed by atoms with Gasteiger partial charge in [0, 0.05) is 36.8 Å². The van der Waals surface area contributed by atoms with Gasteiger partial charge in [0.25, 0.3) is 11.5 Å². The Hall–Kier alpha value is -4.36. The van der Waals surface area contributed by atoms with Crippen LogP contribution in [0.4, 0.5) is 5.69 Å². The third-order valence-electron chi connectivity index (χ3n) is 9.89. The molecule has 0 radical (unpaired) electrons. The van der Waals surface area contributed by atoms with E-state index in [9.17, 15) is 19.5 Å². The normalized spacial score (nSPS) is 23.5. The smallest absolute Gasteiger partial charge is 0.279 e. The molecular weight excluding hydrogens is 600 g/mol. The Morgan fingerprint density at radius 3 is 2.52 bits per heavy atom. The van der Waals surface area contributed by atoms with E-state index in [1.165, 1.54) is 4.68 Å². The Morgan fingerprint density at radius 1 is 1.07 bits per heavy atom. The molecule has 2 aliphatic heterocycles. The summed E-state index contributed by atoms with van der Waals surface area (Å²) in [5.41, 5.74) is 2.61. The van der Waals surface area contributed by atoms with E-state index in [0.29, 0.717) is 35.3 Å². The van der Waals surface area contributed by atoms with Crippen molar-refractivity contribution >= 4 is 30.8 Å². The lowest BCUT2D eigenvalue weighted by Crippen LogP contribution is -2.45. The minimum atomic E-state index is -2.86. The zero-order chi connectivity index (χ0) is 32.4. The van der Waals surface area contributed by atoms with Gasteiger partial charge >= 0.3 is 0 Å². The molecule has 1 unspecified atom stereocenters. The van der Waals surface area contributed by atoms with Gasteiger partial charge in [0.1, 0.15) is 0 Å². The van der Waals surface area contributed by atoms with Gasteiger partial charge in [0.2, 0.25) is 0 Å². The lowest BCUT2D eigenvalue weighted by Gasteiger charge is -2.32. The second kappa shape index (κ2) is 11.2. The largest absolute Gasteiger partial charge is 0.432 e. The number of aromatic amines is 1. The number of anilines is 1. The Balaban J connectivity index is 1.22. The highest BCUT2D eigenvalue weighted by atomic mass is 28.4. The van der Waals surface area contributed by atoms with Gasteiger partial charge in [-0.3, -0.25) is 19.4 Å². The second-order valence-corrected chi connectivity index (χ2v) is 17.0. The molecular formula is C34H38N6O5Si. The lowest BCUT2D eigenvalue weighted by atomic mass is 9.82. The van der Waals surface area contributed by atoms with Crippen LogP contribution in [0.25, 0.3) is 16.6 Å². The highest BCUT2D eigenvalue weighted by Gasteiger charge is 2.65. The van der Waals surface area contributed by atoms with Crippen molar-refractivity contribution in [1.29, 1.82) is 0 Å². The number of ether oxygens (including phenoxy) is 1. The predicted octanol–water partition coefficient (Wildman–Crippen LogP) is 3.90. The van der Waals surface area contributed by atoms with Crippen molar-refractivity contribution in [2.45, 2.75) is 56.1 Å². The number of hydrogen-bond acceptors (Lipinski definition) is 7. The molecule has 7 rings (SSSR count). The fourth-order valence-corrected chi connectivity index (χ4v) is 10.3. The molecule has 1 saturated heterocycles. The molecule has 1 amide bonds. The van der Waals surface area contributed by atoms with E-state index in [1.807, 2.05) is 92.9 Å². The Bertz CT molecular complexity index is 1980. The van der Waals surface area contributed by atoms with E-state index in [2.05, 4.69) is 15.4 Å². The number of benzene rings is 3. The van der Waals surface area contributed by atoms with Crippen LogP contribution in [0, 0.1) is 5.92 Å². The van der Waals surface area contributed by atoms with Gasteiger partial charge in [-0.15, -0.1) is 5.10 Å². The zero-order valence-electron chi connectivity index (χ0n) is 26.3. The molecule has 4 heterocycles. The van der Waals surface area contributed by atoms with Gasteiger partial charge in [-0.2, -0.15) is 0 Å². The van der Waals surface area contributed by atoms with E-state index >= 15 is 0 Å². The van der Waals surface area contributed by atoms with Gasteiger partial charge in [-0.25, -0.2) is 4.68 Å². The van der Waals surface area contributed by atoms with Crippen molar-refractivity contribution in [3.63, 3.8) is 0 Å². The van der Waals surface area contributed by atoms with Crippen LogP contribution in [0.2, 0.25) is 18.6 Å². The molecule has 238 valence electrons. The maximum absolute atomic E-state index is 14.2. The molecule has 0 bridgehead atoms. The Kier molecular flexibility index (Phi) is 7.35. The fourth-order valence-electron chi connectivity index (χ4n) is 7.72. The summed E-state index contributed by atoms with van der Waals surface area (Å²) >= 11 is 0. The molecule has 2 aliphatic rings. The van der Waals surface area contributed by atoms with Gasteiger partial charge in [0.15, 0.2) is 13.9 Å². The molecule has 5 atom stereocenters. The lowest BCUT2D eigenvalue weighted by molar-refractivity contribution is -0.145. The quantitative estimate of drug-likeness (QED) is 0.219. The summed E-state index contributed by atoms with van der Waals surface area (Å²) < 4.78 is 10.1. The van der Waals surface area contributed by atoms with E-state index in [4.69, 9.17) is 4.74 Å². The van der Waals surface area contributed by atoms with Gasteiger partial charge in [0.05, 0.1) is 46.6 Å². The number of nitrogens with zero attached hydrogens (tertiary/aromatic N) is 5. The summed E-state index contributed by atoms with van der Waals surface area (Å²) in [6, 6.07) is 22.6. The van der Waals surface area contributed by atoms with Crippen molar-refractivity contribution < 1.29 is 19.4 Å². The number of carbonyl (C=O) groups is 1. The molecule has 2 aromatic heterocycles. The van der Waals surface area contributed by atoms with Crippen molar-refractivity contribution in [3.8, 4) is 5.69 Å². The third kappa shape index (κ3) is 4.66. The molecule has 46 heavy (non-hydrogen) atoms. The molecule has 3 N–H and O–H groups in total. The first-order chi connectivity index (χ1) is 22.0. The number of aromatic nitrogens is 5. The summed E-state index contributed by atoms with van der Waals surface area (Å²) in [6.45, 7) is 6.15. The third-order valence-corrected chi connectivity index (χ3v) is 12.4. The number of aryl methyl sites for hydroxylation is 1. The number of carbonyl (C=O) groups excluding carboxylic acids is 1. The topological polar surface area (TPSA) is 138 Å². The van der Waals surface area contributed by atoms with Gasteiger partial charge < -0.3 is 19.5 Å². The molecule has 3 aromatic carbocycles. The Morgan fingerprint density at radius 2 is 1.80 bits per heavy atom. The van der Waals surface area contributed by atoms with Crippen LogP contribution in [0.15, 0.2) is 83.8 Å². The fraction of sp³-hybridized carbons (Fsp3) is 0.353. The highest BCUT2D eigenvalue weighted by molar-refractivity contribution is 6.71. The molecule has 12 heteroatoms. The summed E-state index contributed by atoms with van der Waals surface area (Å²) in [4.78, 5) is 40.7. The number of rotatable bonds is 8. The van der Waals surface area contributed by atoms with E-state index in [1.54, 1.807) is 22.7 Å². The van der Waals surface area contributed by atoms with Gasteiger partial charge in [-0.1, -0.05) is 54.6 Å². The first-order valence-electron chi connectivity index (χ1n) is 15.6. The van der Waals surface area contributed by atoms with Crippen LogP contribution in [0.1, 0.15) is 36.1 Å². The number of fused-ring (bicyclic) bond motifs is 3.